The van der Waals surface area contributed by atoms with Crippen molar-refractivity contribution in [2.75, 3.05) is 0 Å². The Morgan fingerprint density at radius 1 is 1.55 bits per heavy atom. The van der Waals surface area contributed by atoms with E-state index >= 15 is 0 Å². The normalized spacial score (nSPS) is 12.9. The summed E-state index contributed by atoms with van der Waals surface area (Å²) < 4.78 is 1.95. The third kappa shape index (κ3) is 3.75. The predicted octanol–water partition coefficient (Wildman–Crippen LogP) is 2.79. The highest BCUT2D eigenvalue weighted by Gasteiger charge is 2.06. The predicted molar refractivity (Wildman–Crippen MR) is 81.9 cm³/mol. The first-order chi connectivity index (χ1) is 9.58. The first kappa shape index (κ1) is 14.9. The molecule has 7 heteroatoms. The summed E-state index contributed by atoms with van der Waals surface area (Å²) in [5.74, 6) is 0.680. The average molecular weight is 311 g/mol. The van der Waals surface area contributed by atoms with E-state index in [1.165, 1.54) is 0 Å². The molecule has 0 aliphatic heterocycles. The summed E-state index contributed by atoms with van der Waals surface area (Å²) >= 11 is 11.2. The molecular formula is C13H15ClN4OS. The van der Waals surface area contributed by atoms with Crippen molar-refractivity contribution in [2.45, 2.75) is 25.9 Å². The van der Waals surface area contributed by atoms with Crippen molar-refractivity contribution < 1.29 is 5.11 Å². The quantitative estimate of drug-likeness (QED) is 0.659. The van der Waals surface area contributed by atoms with E-state index in [9.17, 15) is 5.11 Å². The Kier molecular flexibility index (Phi) is 5.05. The Hall–Kier alpha value is -1.50. The lowest BCUT2D eigenvalue weighted by molar-refractivity contribution is 0.184. The SMILES string of the molecule is CC(O)CCc1n[nH]c(=S)n1/N=C/c1ccccc1Cl. The number of aromatic amines is 1. The van der Waals surface area contributed by atoms with Crippen LogP contribution in [0.3, 0.4) is 0 Å². The van der Waals surface area contributed by atoms with Crippen molar-refractivity contribution in [3.05, 3.63) is 45.4 Å². The van der Waals surface area contributed by atoms with E-state index in [4.69, 9.17) is 23.8 Å². The second kappa shape index (κ2) is 6.78. The van der Waals surface area contributed by atoms with Crippen molar-refractivity contribution in [1.29, 1.82) is 0 Å². The molecular weight excluding hydrogens is 296 g/mol. The lowest BCUT2D eigenvalue weighted by atomic mass is 10.2. The van der Waals surface area contributed by atoms with Gasteiger partial charge in [-0.05, 0) is 31.6 Å². The molecule has 2 rings (SSSR count). The average Bonchev–Trinajstić information content (AvgIpc) is 2.76. The van der Waals surface area contributed by atoms with Gasteiger partial charge in [-0.1, -0.05) is 29.8 Å². The molecule has 1 atom stereocenters. The molecule has 2 N–H and O–H groups in total. The van der Waals surface area contributed by atoms with E-state index in [2.05, 4.69) is 15.3 Å². The van der Waals surface area contributed by atoms with Crippen LogP contribution in [0.25, 0.3) is 0 Å². The van der Waals surface area contributed by atoms with Crippen LogP contribution in [0.4, 0.5) is 0 Å². The van der Waals surface area contributed by atoms with Gasteiger partial charge in [-0.3, -0.25) is 5.10 Å². The van der Waals surface area contributed by atoms with Gasteiger partial charge in [0.05, 0.1) is 12.3 Å². The van der Waals surface area contributed by atoms with Gasteiger partial charge in [0.1, 0.15) is 0 Å². The number of hydrogen-bond donors (Lipinski definition) is 2. The molecule has 106 valence electrons. The van der Waals surface area contributed by atoms with E-state index in [0.29, 0.717) is 28.5 Å². The number of rotatable bonds is 5. The van der Waals surface area contributed by atoms with Gasteiger partial charge in [-0.2, -0.15) is 14.9 Å². The van der Waals surface area contributed by atoms with Gasteiger partial charge >= 0.3 is 0 Å². The Bertz CT molecular complexity index is 662. The molecule has 1 aromatic heterocycles. The van der Waals surface area contributed by atoms with Crippen LogP contribution >= 0.6 is 23.8 Å². The maximum atomic E-state index is 9.33. The number of aliphatic hydroxyl groups is 1. The third-order valence-electron chi connectivity index (χ3n) is 2.72. The molecule has 1 heterocycles. The summed E-state index contributed by atoms with van der Waals surface area (Å²) in [7, 11) is 0. The Morgan fingerprint density at radius 3 is 3.00 bits per heavy atom. The van der Waals surface area contributed by atoms with Gasteiger partial charge in [-0.25, -0.2) is 0 Å². The Morgan fingerprint density at radius 2 is 2.30 bits per heavy atom. The lowest BCUT2D eigenvalue weighted by Crippen LogP contribution is -2.06. The highest BCUT2D eigenvalue weighted by Crippen LogP contribution is 2.13. The minimum absolute atomic E-state index is 0.388. The zero-order valence-electron chi connectivity index (χ0n) is 11.0. The molecule has 2 aromatic rings. The molecule has 0 fully saturated rings. The number of hydrogen-bond acceptors (Lipinski definition) is 4. The fourth-order valence-electron chi connectivity index (χ4n) is 1.64. The number of benzene rings is 1. The first-order valence-corrected chi connectivity index (χ1v) is 7.00. The molecule has 1 unspecified atom stereocenters. The first-order valence-electron chi connectivity index (χ1n) is 6.21. The minimum Gasteiger partial charge on any atom is -0.393 e. The minimum atomic E-state index is -0.388. The van der Waals surface area contributed by atoms with E-state index in [1.807, 2.05) is 18.2 Å². The highest BCUT2D eigenvalue weighted by atomic mass is 35.5. The fraction of sp³-hybridized carbons (Fsp3) is 0.308. The smallest absolute Gasteiger partial charge is 0.216 e. The van der Waals surface area contributed by atoms with Crippen LogP contribution in [0.2, 0.25) is 5.02 Å². The van der Waals surface area contributed by atoms with Crippen molar-refractivity contribution in [3.8, 4) is 0 Å². The lowest BCUT2D eigenvalue weighted by Gasteiger charge is -2.03. The number of aromatic nitrogens is 3. The van der Waals surface area contributed by atoms with Crippen molar-refractivity contribution >= 4 is 30.0 Å². The van der Waals surface area contributed by atoms with Crippen LogP contribution in [-0.2, 0) is 6.42 Å². The third-order valence-corrected chi connectivity index (χ3v) is 3.33. The number of nitrogens with one attached hydrogen (secondary N) is 1. The van der Waals surface area contributed by atoms with Gasteiger partial charge in [0.2, 0.25) is 4.77 Å². The second-order valence-electron chi connectivity index (χ2n) is 4.41. The molecule has 5 nitrogen and oxygen atoms in total. The maximum Gasteiger partial charge on any atom is 0.216 e. The van der Waals surface area contributed by atoms with Crippen LogP contribution in [0, 0.1) is 4.77 Å². The molecule has 1 aromatic carbocycles. The molecule has 0 amide bonds. The molecule has 0 spiro atoms. The summed E-state index contributed by atoms with van der Waals surface area (Å²) in [6, 6.07) is 7.41. The van der Waals surface area contributed by atoms with Gasteiger partial charge < -0.3 is 5.11 Å². The van der Waals surface area contributed by atoms with E-state index in [1.54, 1.807) is 23.9 Å². The molecule has 0 saturated heterocycles. The van der Waals surface area contributed by atoms with E-state index in [0.717, 1.165) is 5.56 Å². The summed E-state index contributed by atoms with van der Waals surface area (Å²) in [6.45, 7) is 1.73. The van der Waals surface area contributed by atoms with Crippen LogP contribution < -0.4 is 0 Å². The summed E-state index contributed by atoms with van der Waals surface area (Å²) in [6.07, 6.45) is 2.44. The van der Waals surface area contributed by atoms with E-state index in [-0.39, 0.29) is 6.10 Å². The van der Waals surface area contributed by atoms with Crippen LogP contribution in [0.15, 0.2) is 29.4 Å². The topological polar surface area (TPSA) is 66.2 Å². The standard InChI is InChI=1S/C13H15ClN4OS/c1-9(19)6-7-12-16-17-13(20)18(12)15-8-10-4-2-3-5-11(10)14/h2-5,8-9,19H,6-7H2,1H3,(H,17,20)/b15-8+. The molecule has 0 aliphatic rings. The number of aliphatic hydroxyl groups excluding tert-OH is 1. The van der Waals surface area contributed by atoms with Crippen molar-refractivity contribution in [2.24, 2.45) is 5.10 Å². The van der Waals surface area contributed by atoms with Crippen LogP contribution in [-0.4, -0.2) is 32.3 Å². The largest absolute Gasteiger partial charge is 0.393 e. The van der Waals surface area contributed by atoms with E-state index < -0.39 is 0 Å². The molecule has 0 aliphatic carbocycles. The van der Waals surface area contributed by atoms with Crippen molar-refractivity contribution in [3.63, 3.8) is 0 Å². The van der Waals surface area contributed by atoms with Crippen molar-refractivity contribution in [1.82, 2.24) is 14.9 Å². The Labute approximate surface area is 126 Å². The van der Waals surface area contributed by atoms with Crippen LogP contribution in [0.5, 0.6) is 0 Å². The monoisotopic (exact) mass is 310 g/mol. The van der Waals surface area contributed by atoms with Gasteiger partial charge in [0.25, 0.3) is 0 Å². The highest BCUT2D eigenvalue weighted by molar-refractivity contribution is 7.71. The molecule has 20 heavy (non-hydrogen) atoms. The number of H-pyrrole nitrogens is 1. The van der Waals surface area contributed by atoms with Gasteiger partial charge in [-0.15, -0.1) is 0 Å². The second-order valence-corrected chi connectivity index (χ2v) is 5.20. The Balaban J connectivity index is 2.23. The number of nitrogens with zero attached hydrogens (tertiary/aromatic N) is 3. The number of aryl methyl sites for hydroxylation is 1. The summed E-state index contributed by atoms with van der Waals surface area (Å²) in [5.41, 5.74) is 0.804. The summed E-state index contributed by atoms with van der Waals surface area (Å²) in [4.78, 5) is 0. The zero-order chi connectivity index (χ0) is 14.5. The maximum absolute atomic E-state index is 9.33. The van der Waals surface area contributed by atoms with Gasteiger partial charge in [0.15, 0.2) is 5.82 Å². The number of halogens is 1. The summed E-state index contributed by atoms with van der Waals surface area (Å²) in [5, 5.41) is 21.1. The molecule has 0 bridgehead atoms. The zero-order valence-corrected chi connectivity index (χ0v) is 12.5. The fourth-order valence-corrected chi connectivity index (χ4v) is 2.03. The molecule has 0 radical (unpaired) electrons. The molecule has 0 saturated carbocycles. The van der Waals surface area contributed by atoms with Gasteiger partial charge in [0, 0.05) is 17.0 Å². The van der Waals surface area contributed by atoms with Crippen LogP contribution in [0.1, 0.15) is 24.7 Å².